The van der Waals surface area contributed by atoms with E-state index in [0.717, 1.165) is 41.5 Å². The molecule has 0 saturated carbocycles. The molecule has 0 unspecified atom stereocenters. The number of aliphatic imine (C=N–C) groups is 1. The molecule has 126 valence electrons. The molecule has 0 spiro atoms. The molecule has 1 heterocycles. The van der Waals surface area contributed by atoms with E-state index in [9.17, 15) is 0 Å². The van der Waals surface area contributed by atoms with Crippen molar-refractivity contribution in [1.29, 1.82) is 0 Å². The lowest BCUT2D eigenvalue weighted by Crippen LogP contribution is -2.18. The van der Waals surface area contributed by atoms with Crippen LogP contribution in [0.4, 0.5) is 11.4 Å². The highest BCUT2D eigenvalue weighted by Crippen LogP contribution is 2.36. The summed E-state index contributed by atoms with van der Waals surface area (Å²) < 4.78 is 12.4. The van der Waals surface area contributed by atoms with Gasteiger partial charge in [-0.25, -0.2) is 0 Å². The molecule has 0 bridgehead atoms. The van der Waals surface area contributed by atoms with Crippen molar-refractivity contribution in [3.8, 4) is 11.5 Å². The van der Waals surface area contributed by atoms with Crippen LogP contribution in [-0.2, 0) is 0 Å². The highest BCUT2D eigenvalue weighted by molar-refractivity contribution is 14.1. The first-order valence-electron chi connectivity index (χ1n) is 8.02. The fourth-order valence-corrected chi connectivity index (χ4v) is 3.24. The predicted molar refractivity (Wildman–Crippen MR) is 107 cm³/mol. The van der Waals surface area contributed by atoms with Gasteiger partial charge in [-0.15, -0.1) is 0 Å². The normalized spacial score (nSPS) is 14.4. The van der Waals surface area contributed by atoms with Crippen LogP contribution in [0.3, 0.4) is 0 Å². The minimum atomic E-state index is 0.812. The van der Waals surface area contributed by atoms with Crippen LogP contribution in [0.2, 0.25) is 0 Å². The molecule has 0 radical (unpaired) electrons. The van der Waals surface area contributed by atoms with Crippen LogP contribution in [0.15, 0.2) is 41.4 Å². The van der Waals surface area contributed by atoms with E-state index in [4.69, 9.17) is 9.47 Å². The number of methoxy groups -OCH3 is 2. The van der Waals surface area contributed by atoms with E-state index in [1.165, 1.54) is 16.4 Å². The Morgan fingerprint density at radius 1 is 1.00 bits per heavy atom. The maximum atomic E-state index is 5.61. The first kappa shape index (κ1) is 17.1. The summed E-state index contributed by atoms with van der Waals surface area (Å²) in [4.78, 5) is 6.90. The van der Waals surface area contributed by atoms with Crippen LogP contribution in [0.1, 0.15) is 18.4 Å². The largest absolute Gasteiger partial charge is 0.496 e. The summed E-state index contributed by atoms with van der Waals surface area (Å²) in [6.07, 6.45) is 4.28. The van der Waals surface area contributed by atoms with Gasteiger partial charge in [0.1, 0.15) is 11.5 Å². The molecule has 0 atom stereocenters. The van der Waals surface area contributed by atoms with Crippen LogP contribution in [0, 0.1) is 3.57 Å². The van der Waals surface area contributed by atoms with E-state index in [-0.39, 0.29) is 0 Å². The van der Waals surface area contributed by atoms with Crippen molar-refractivity contribution in [3.05, 3.63) is 45.5 Å². The Kier molecular flexibility index (Phi) is 5.60. The zero-order valence-electron chi connectivity index (χ0n) is 14.0. The van der Waals surface area contributed by atoms with Crippen molar-refractivity contribution >= 4 is 40.2 Å². The molecule has 0 N–H and O–H groups in total. The molecule has 0 amide bonds. The second-order valence-electron chi connectivity index (χ2n) is 5.69. The molecule has 1 fully saturated rings. The predicted octanol–water partition coefficient (Wildman–Crippen LogP) is 4.66. The molecule has 5 heteroatoms. The molecule has 1 aliphatic rings. The lowest BCUT2D eigenvalue weighted by molar-refractivity contribution is 0.402. The number of rotatable bonds is 5. The van der Waals surface area contributed by atoms with Gasteiger partial charge in [0.15, 0.2) is 0 Å². The quantitative estimate of drug-likeness (QED) is 0.505. The Morgan fingerprint density at radius 3 is 2.29 bits per heavy atom. The zero-order valence-corrected chi connectivity index (χ0v) is 16.1. The second-order valence-corrected chi connectivity index (χ2v) is 6.94. The van der Waals surface area contributed by atoms with Crippen molar-refractivity contribution in [3.63, 3.8) is 0 Å². The minimum Gasteiger partial charge on any atom is -0.496 e. The molecule has 2 aromatic rings. The SMILES string of the molecule is COc1cc(N2CCCC2)c(OC)cc1C=Nc1ccc(I)cc1. The Morgan fingerprint density at radius 2 is 1.67 bits per heavy atom. The first-order chi connectivity index (χ1) is 11.7. The summed E-state index contributed by atoms with van der Waals surface area (Å²) in [6.45, 7) is 2.13. The van der Waals surface area contributed by atoms with Gasteiger partial charge in [-0.05, 0) is 65.8 Å². The molecule has 0 aliphatic carbocycles. The van der Waals surface area contributed by atoms with E-state index in [2.05, 4.69) is 38.5 Å². The van der Waals surface area contributed by atoms with Gasteiger partial charge < -0.3 is 14.4 Å². The van der Waals surface area contributed by atoms with Gasteiger partial charge in [0, 0.05) is 34.5 Å². The number of ether oxygens (including phenoxy) is 2. The van der Waals surface area contributed by atoms with Gasteiger partial charge in [0.25, 0.3) is 0 Å². The highest BCUT2D eigenvalue weighted by atomic mass is 127. The maximum absolute atomic E-state index is 5.61. The summed E-state index contributed by atoms with van der Waals surface area (Å²) in [5.74, 6) is 1.67. The number of anilines is 1. The molecule has 3 rings (SSSR count). The average molecular weight is 436 g/mol. The smallest absolute Gasteiger partial charge is 0.143 e. The van der Waals surface area contributed by atoms with Crippen LogP contribution in [0.5, 0.6) is 11.5 Å². The fraction of sp³-hybridized carbons (Fsp3) is 0.316. The number of benzene rings is 2. The van der Waals surface area contributed by atoms with Gasteiger partial charge in [-0.1, -0.05) is 0 Å². The zero-order chi connectivity index (χ0) is 16.9. The van der Waals surface area contributed by atoms with Gasteiger partial charge in [0.05, 0.1) is 25.6 Å². The van der Waals surface area contributed by atoms with Crippen molar-refractivity contribution in [2.24, 2.45) is 4.99 Å². The Balaban J connectivity index is 1.93. The lowest BCUT2D eigenvalue weighted by Gasteiger charge is -2.22. The standard InChI is InChI=1S/C19H21IN2O2/c1-23-18-12-17(22-9-3-4-10-22)19(24-2)11-14(18)13-21-16-7-5-15(20)6-8-16/h5-8,11-13H,3-4,9-10H2,1-2H3. The lowest BCUT2D eigenvalue weighted by atomic mass is 10.1. The third-order valence-corrected chi connectivity index (χ3v) is 4.88. The molecule has 2 aromatic carbocycles. The summed E-state index contributed by atoms with van der Waals surface area (Å²) in [5.41, 5.74) is 2.93. The molecule has 24 heavy (non-hydrogen) atoms. The number of hydrogen-bond donors (Lipinski definition) is 0. The topological polar surface area (TPSA) is 34.1 Å². The molecule has 1 saturated heterocycles. The number of hydrogen-bond acceptors (Lipinski definition) is 4. The Hall–Kier alpha value is -1.76. The van der Waals surface area contributed by atoms with Gasteiger partial charge in [0.2, 0.25) is 0 Å². The molecular formula is C19H21IN2O2. The third-order valence-electron chi connectivity index (χ3n) is 4.16. The van der Waals surface area contributed by atoms with E-state index < -0.39 is 0 Å². The summed E-state index contributed by atoms with van der Waals surface area (Å²) in [5, 5.41) is 0. The Labute approximate surface area is 156 Å². The second kappa shape index (κ2) is 7.88. The number of halogens is 1. The Bertz CT molecular complexity index is 723. The van der Waals surface area contributed by atoms with Crippen LogP contribution < -0.4 is 14.4 Å². The van der Waals surface area contributed by atoms with E-state index >= 15 is 0 Å². The first-order valence-corrected chi connectivity index (χ1v) is 9.10. The van der Waals surface area contributed by atoms with Gasteiger partial charge in [-0.3, -0.25) is 4.99 Å². The molecule has 0 aromatic heterocycles. The van der Waals surface area contributed by atoms with Gasteiger partial charge in [-0.2, -0.15) is 0 Å². The van der Waals surface area contributed by atoms with Crippen molar-refractivity contribution in [2.45, 2.75) is 12.8 Å². The third kappa shape index (κ3) is 3.83. The molecule has 1 aliphatic heterocycles. The maximum Gasteiger partial charge on any atom is 0.143 e. The molecule has 4 nitrogen and oxygen atoms in total. The summed E-state index contributed by atoms with van der Waals surface area (Å²) in [7, 11) is 3.40. The van der Waals surface area contributed by atoms with E-state index in [1.54, 1.807) is 14.2 Å². The van der Waals surface area contributed by atoms with Crippen molar-refractivity contribution in [2.75, 3.05) is 32.2 Å². The van der Waals surface area contributed by atoms with Crippen molar-refractivity contribution in [1.82, 2.24) is 0 Å². The van der Waals surface area contributed by atoms with E-state index in [0.29, 0.717) is 0 Å². The summed E-state index contributed by atoms with van der Waals surface area (Å²) in [6, 6.07) is 12.1. The van der Waals surface area contributed by atoms with Crippen molar-refractivity contribution < 1.29 is 9.47 Å². The highest BCUT2D eigenvalue weighted by Gasteiger charge is 2.19. The van der Waals surface area contributed by atoms with Gasteiger partial charge >= 0.3 is 0 Å². The van der Waals surface area contributed by atoms with E-state index in [1.807, 2.05) is 36.5 Å². The van der Waals surface area contributed by atoms with Crippen LogP contribution in [-0.4, -0.2) is 33.5 Å². The average Bonchev–Trinajstić information content (AvgIpc) is 3.15. The minimum absolute atomic E-state index is 0.812. The monoisotopic (exact) mass is 436 g/mol. The number of nitrogens with zero attached hydrogens (tertiary/aromatic N) is 2. The molecular weight excluding hydrogens is 415 g/mol. The summed E-state index contributed by atoms with van der Waals surface area (Å²) >= 11 is 2.29. The van der Waals surface area contributed by atoms with Crippen LogP contribution >= 0.6 is 22.6 Å². The van der Waals surface area contributed by atoms with Crippen LogP contribution in [0.25, 0.3) is 0 Å². The fourth-order valence-electron chi connectivity index (χ4n) is 2.88.